The minimum absolute atomic E-state index is 0.263. The predicted molar refractivity (Wildman–Crippen MR) is 46.8 cm³/mol. The predicted octanol–water partition coefficient (Wildman–Crippen LogP) is 2.10. The van der Waals surface area contributed by atoms with E-state index in [9.17, 15) is 4.79 Å². The summed E-state index contributed by atoms with van der Waals surface area (Å²) in [4.78, 5) is 10.7. The second-order valence-corrected chi connectivity index (χ2v) is 3.13. The average molecular weight is 195 g/mol. The molecule has 0 spiro atoms. The van der Waals surface area contributed by atoms with Gasteiger partial charge in [-0.15, -0.1) is 0 Å². The number of carboxylic acids is 1. The quantitative estimate of drug-likeness (QED) is 0.797. The highest BCUT2D eigenvalue weighted by molar-refractivity contribution is 7.08. The summed E-state index contributed by atoms with van der Waals surface area (Å²) in [7, 11) is 0. The molecule has 0 bridgehead atoms. The van der Waals surface area contributed by atoms with E-state index in [0.717, 1.165) is 0 Å². The van der Waals surface area contributed by atoms with E-state index < -0.39 is 5.97 Å². The van der Waals surface area contributed by atoms with E-state index in [-0.39, 0.29) is 5.56 Å². The number of thiophene rings is 1. The lowest BCUT2D eigenvalue weighted by Gasteiger charge is -1.92. The Balaban J connectivity index is 2.52. The van der Waals surface area contributed by atoms with Crippen molar-refractivity contribution in [2.45, 2.75) is 0 Å². The standard InChI is InChI=1S/C8H5NO3S/c10-8(11)6-4-13-3-5(6)7-1-2-12-9-7/h1-4H,(H,10,11). The van der Waals surface area contributed by atoms with Gasteiger partial charge in [0.05, 0.1) is 5.56 Å². The highest BCUT2D eigenvalue weighted by atomic mass is 32.1. The Kier molecular flexibility index (Phi) is 1.86. The molecule has 0 unspecified atom stereocenters. The van der Waals surface area contributed by atoms with E-state index in [4.69, 9.17) is 5.11 Å². The van der Waals surface area contributed by atoms with Crippen LogP contribution in [0, 0.1) is 0 Å². The lowest BCUT2D eigenvalue weighted by atomic mass is 10.1. The monoisotopic (exact) mass is 195 g/mol. The van der Waals surface area contributed by atoms with Gasteiger partial charge in [-0.2, -0.15) is 11.3 Å². The smallest absolute Gasteiger partial charge is 0.337 e. The van der Waals surface area contributed by atoms with Crippen molar-refractivity contribution in [3.05, 3.63) is 28.7 Å². The van der Waals surface area contributed by atoms with Gasteiger partial charge in [-0.25, -0.2) is 4.79 Å². The number of aromatic carboxylic acids is 1. The molecule has 0 aromatic carbocycles. The van der Waals surface area contributed by atoms with Crippen LogP contribution in [0.15, 0.2) is 27.6 Å². The van der Waals surface area contributed by atoms with Crippen LogP contribution in [0.25, 0.3) is 11.3 Å². The summed E-state index contributed by atoms with van der Waals surface area (Å²) in [6.07, 6.45) is 1.42. The van der Waals surface area contributed by atoms with Gasteiger partial charge in [0.25, 0.3) is 0 Å². The summed E-state index contributed by atoms with van der Waals surface area (Å²) in [6, 6.07) is 1.63. The fourth-order valence-corrected chi connectivity index (χ4v) is 1.83. The van der Waals surface area contributed by atoms with Crippen molar-refractivity contribution in [3.8, 4) is 11.3 Å². The highest BCUT2D eigenvalue weighted by Crippen LogP contribution is 2.25. The molecule has 2 heterocycles. The Morgan fingerprint density at radius 2 is 2.38 bits per heavy atom. The summed E-state index contributed by atoms with van der Waals surface area (Å²) in [6.45, 7) is 0. The zero-order chi connectivity index (χ0) is 9.26. The molecule has 0 radical (unpaired) electrons. The number of nitrogens with zero attached hydrogens (tertiary/aromatic N) is 1. The first-order valence-electron chi connectivity index (χ1n) is 3.49. The van der Waals surface area contributed by atoms with Crippen molar-refractivity contribution in [1.82, 2.24) is 5.16 Å². The molecule has 0 aliphatic rings. The molecule has 0 fully saturated rings. The molecule has 0 aliphatic heterocycles. The van der Waals surface area contributed by atoms with Gasteiger partial charge in [0.15, 0.2) is 0 Å². The maximum absolute atomic E-state index is 10.7. The number of hydrogen-bond donors (Lipinski definition) is 1. The van der Waals surface area contributed by atoms with Gasteiger partial charge < -0.3 is 9.63 Å². The van der Waals surface area contributed by atoms with E-state index in [2.05, 4.69) is 9.68 Å². The van der Waals surface area contributed by atoms with Crippen LogP contribution < -0.4 is 0 Å². The molecule has 1 N–H and O–H groups in total. The molecular formula is C8H5NO3S. The molecular weight excluding hydrogens is 190 g/mol. The van der Waals surface area contributed by atoms with Crippen molar-refractivity contribution in [2.24, 2.45) is 0 Å². The zero-order valence-electron chi connectivity index (χ0n) is 6.43. The van der Waals surface area contributed by atoms with Gasteiger partial charge in [0, 0.05) is 22.4 Å². The molecule has 2 rings (SSSR count). The largest absolute Gasteiger partial charge is 0.478 e. The molecule has 0 atom stereocenters. The molecule has 0 aliphatic carbocycles. The summed E-state index contributed by atoms with van der Waals surface area (Å²) in [5, 5.41) is 15.8. The summed E-state index contributed by atoms with van der Waals surface area (Å²) in [5.41, 5.74) is 1.42. The van der Waals surface area contributed by atoms with Crippen LogP contribution in [0.4, 0.5) is 0 Å². The second kappa shape index (κ2) is 3.02. The van der Waals surface area contributed by atoms with E-state index in [1.165, 1.54) is 17.6 Å². The van der Waals surface area contributed by atoms with Gasteiger partial charge in [0.1, 0.15) is 12.0 Å². The Labute approximate surface area is 77.4 Å². The minimum atomic E-state index is -0.945. The molecule has 0 saturated carbocycles. The van der Waals surface area contributed by atoms with Crippen LogP contribution in [0.1, 0.15) is 10.4 Å². The Morgan fingerprint density at radius 3 is 3.00 bits per heavy atom. The lowest BCUT2D eigenvalue weighted by Crippen LogP contribution is -1.95. The molecule has 5 heteroatoms. The third kappa shape index (κ3) is 1.33. The Bertz CT molecular complexity index is 418. The van der Waals surface area contributed by atoms with Crippen molar-refractivity contribution in [1.29, 1.82) is 0 Å². The molecule has 2 aromatic heterocycles. The lowest BCUT2D eigenvalue weighted by molar-refractivity contribution is 0.0698. The first-order valence-corrected chi connectivity index (χ1v) is 4.43. The molecule has 4 nitrogen and oxygen atoms in total. The van der Waals surface area contributed by atoms with Crippen LogP contribution in [-0.4, -0.2) is 16.2 Å². The Morgan fingerprint density at radius 1 is 1.54 bits per heavy atom. The van der Waals surface area contributed by atoms with Gasteiger partial charge in [-0.05, 0) is 0 Å². The fourth-order valence-electron chi connectivity index (χ4n) is 1.01. The zero-order valence-corrected chi connectivity index (χ0v) is 7.25. The maximum Gasteiger partial charge on any atom is 0.337 e. The number of carboxylic acid groups (broad SMARTS) is 1. The average Bonchev–Trinajstić information content (AvgIpc) is 2.74. The number of carbonyl (C=O) groups is 1. The number of hydrogen-bond acceptors (Lipinski definition) is 4. The van der Waals surface area contributed by atoms with Crippen molar-refractivity contribution < 1.29 is 14.4 Å². The van der Waals surface area contributed by atoms with Crippen LogP contribution >= 0.6 is 11.3 Å². The maximum atomic E-state index is 10.7. The van der Waals surface area contributed by atoms with Crippen LogP contribution in [-0.2, 0) is 0 Å². The summed E-state index contributed by atoms with van der Waals surface area (Å²) < 4.78 is 4.63. The van der Waals surface area contributed by atoms with Crippen LogP contribution in [0.2, 0.25) is 0 Å². The molecule has 13 heavy (non-hydrogen) atoms. The van der Waals surface area contributed by atoms with Crippen molar-refractivity contribution in [2.75, 3.05) is 0 Å². The second-order valence-electron chi connectivity index (χ2n) is 2.39. The topological polar surface area (TPSA) is 63.3 Å². The van der Waals surface area contributed by atoms with Gasteiger partial charge >= 0.3 is 5.97 Å². The minimum Gasteiger partial charge on any atom is -0.478 e. The summed E-state index contributed by atoms with van der Waals surface area (Å²) >= 11 is 1.33. The molecule has 66 valence electrons. The van der Waals surface area contributed by atoms with Gasteiger partial charge in [0.2, 0.25) is 0 Å². The fraction of sp³-hybridized carbons (Fsp3) is 0. The van der Waals surface area contributed by atoms with E-state index in [1.807, 2.05) is 0 Å². The Hall–Kier alpha value is -1.62. The summed E-state index contributed by atoms with van der Waals surface area (Å²) in [5.74, 6) is -0.945. The SMILES string of the molecule is O=C(O)c1cscc1-c1ccon1. The van der Waals surface area contributed by atoms with E-state index in [1.54, 1.807) is 16.8 Å². The van der Waals surface area contributed by atoms with E-state index in [0.29, 0.717) is 11.3 Å². The normalized spacial score (nSPS) is 10.2. The first-order chi connectivity index (χ1) is 6.29. The molecule has 2 aromatic rings. The highest BCUT2D eigenvalue weighted by Gasteiger charge is 2.14. The third-order valence-corrected chi connectivity index (χ3v) is 2.35. The van der Waals surface area contributed by atoms with E-state index >= 15 is 0 Å². The number of aromatic nitrogens is 1. The van der Waals surface area contributed by atoms with Crippen LogP contribution in [0.3, 0.4) is 0 Å². The van der Waals surface area contributed by atoms with Gasteiger partial charge in [-0.1, -0.05) is 5.16 Å². The third-order valence-electron chi connectivity index (χ3n) is 1.61. The first kappa shape index (κ1) is 8.00. The molecule has 0 saturated heterocycles. The van der Waals surface area contributed by atoms with Crippen LogP contribution in [0.5, 0.6) is 0 Å². The number of rotatable bonds is 2. The van der Waals surface area contributed by atoms with Crippen molar-refractivity contribution in [3.63, 3.8) is 0 Å². The van der Waals surface area contributed by atoms with Gasteiger partial charge in [-0.3, -0.25) is 0 Å². The van der Waals surface area contributed by atoms with Crippen molar-refractivity contribution >= 4 is 17.3 Å². The molecule has 0 amide bonds.